The largest absolute Gasteiger partial charge is 0.523 e. The molecule has 1 aliphatic heterocycles. The summed E-state index contributed by atoms with van der Waals surface area (Å²) in [6, 6.07) is 8.77. The zero-order valence-electron chi connectivity index (χ0n) is 15.7. The van der Waals surface area contributed by atoms with Crippen molar-refractivity contribution >= 4 is 17.9 Å². The third-order valence-corrected chi connectivity index (χ3v) is 4.78. The Labute approximate surface area is 155 Å². The molecule has 0 spiro atoms. The van der Waals surface area contributed by atoms with Crippen LogP contribution in [0.4, 0.5) is 4.79 Å². The molecule has 1 unspecified atom stereocenters. The van der Waals surface area contributed by atoms with E-state index in [0.717, 1.165) is 31.2 Å². The highest BCUT2D eigenvalue weighted by Crippen LogP contribution is 2.24. The maximum atomic E-state index is 13.3. The Kier molecular flexibility index (Phi) is 7.33. The lowest BCUT2D eigenvalue weighted by Crippen LogP contribution is -2.62. The van der Waals surface area contributed by atoms with Gasteiger partial charge in [0, 0.05) is 26.2 Å². The van der Waals surface area contributed by atoms with Gasteiger partial charge in [0.25, 0.3) is 0 Å². The fourth-order valence-corrected chi connectivity index (χ4v) is 3.39. The van der Waals surface area contributed by atoms with Gasteiger partial charge in [-0.3, -0.25) is 4.79 Å². The van der Waals surface area contributed by atoms with Crippen LogP contribution in [0.15, 0.2) is 30.3 Å². The Bertz CT molecular complexity index is 624. The molecule has 1 atom stereocenters. The van der Waals surface area contributed by atoms with Crippen molar-refractivity contribution in [3.63, 3.8) is 0 Å². The summed E-state index contributed by atoms with van der Waals surface area (Å²) in [5, 5.41) is 2.74. The molecule has 1 heterocycles. The van der Waals surface area contributed by atoms with E-state index in [9.17, 15) is 14.4 Å². The van der Waals surface area contributed by atoms with E-state index in [-0.39, 0.29) is 16.3 Å². The molecule has 1 aromatic carbocycles. The molecule has 1 saturated heterocycles. The highest BCUT2D eigenvalue weighted by molar-refractivity contribution is 5.88. The Morgan fingerprint density at radius 2 is 1.81 bits per heavy atom. The van der Waals surface area contributed by atoms with Crippen LogP contribution in [0, 0.1) is 0 Å². The topological polar surface area (TPSA) is 72.5 Å². The van der Waals surface area contributed by atoms with Gasteiger partial charge in [0.2, 0.25) is 5.91 Å². The van der Waals surface area contributed by atoms with Gasteiger partial charge in [-0.2, -0.15) is 9.28 Å². The van der Waals surface area contributed by atoms with Crippen molar-refractivity contribution in [2.75, 3.05) is 19.7 Å². The number of carbonyl (C=O) groups is 3. The van der Waals surface area contributed by atoms with E-state index in [4.69, 9.17) is 4.74 Å². The van der Waals surface area contributed by atoms with Gasteiger partial charge >= 0.3 is 12.0 Å². The summed E-state index contributed by atoms with van der Waals surface area (Å²) in [7, 11) is 0. The van der Waals surface area contributed by atoms with Gasteiger partial charge in [-0.1, -0.05) is 43.7 Å². The average Bonchev–Trinajstić information content (AvgIpc) is 3.12. The second-order valence-corrected chi connectivity index (χ2v) is 6.87. The van der Waals surface area contributed by atoms with E-state index >= 15 is 0 Å². The van der Waals surface area contributed by atoms with Gasteiger partial charge < -0.3 is 10.1 Å². The van der Waals surface area contributed by atoms with Crippen molar-refractivity contribution in [3.8, 4) is 0 Å². The minimum Gasteiger partial charge on any atom is -0.420 e. The average molecular weight is 361 g/mol. The number of rotatable bonds is 7. The van der Waals surface area contributed by atoms with Crippen LogP contribution in [-0.4, -0.2) is 48.1 Å². The van der Waals surface area contributed by atoms with Crippen molar-refractivity contribution in [3.05, 3.63) is 35.9 Å². The number of amides is 3. The zero-order valence-corrected chi connectivity index (χ0v) is 15.7. The summed E-state index contributed by atoms with van der Waals surface area (Å²) in [6.07, 6.45) is 3.17. The number of quaternary nitrogens is 1. The van der Waals surface area contributed by atoms with Crippen LogP contribution in [0.5, 0.6) is 0 Å². The second kappa shape index (κ2) is 9.48. The van der Waals surface area contributed by atoms with Gasteiger partial charge in [-0.05, 0) is 12.0 Å². The minimum atomic E-state index is -0.744. The van der Waals surface area contributed by atoms with Gasteiger partial charge in [0.1, 0.15) is 6.04 Å². The summed E-state index contributed by atoms with van der Waals surface area (Å²) < 4.78 is 5.08. The third-order valence-electron chi connectivity index (χ3n) is 4.78. The summed E-state index contributed by atoms with van der Waals surface area (Å²) in [4.78, 5) is 37.7. The molecule has 6 nitrogen and oxygen atoms in total. The molecule has 0 bridgehead atoms. The molecule has 1 fully saturated rings. The quantitative estimate of drug-likeness (QED) is 0.599. The fraction of sp³-hybridized carbons (Fsp3) is 0.550. The SMILES string of the molecule is CCCCOC(=O)[N+]1(C(=O)C(Cc2ccccc2)NC(C)=O)CCCC1. The fourth-order valence-electron chi connectivity index (χ4n) is 3.39. The third kappa shape index (κ3) is 4.91. The van der Waals surface area contributed by atoms with Gasteiger partial charge in [0.15, 0.2) is 0 Å². The van der Waals surface area contributed by atoms with Gasteiger partial charge in [-0.25, -0.2) is 4.79 Å². The molecule has 2 rings (SSSR count). The number of benzene rings is 1. The van der Waals surface area contributed by atoms with E-state index in [1.165, 1.54) is 6.92 Å². The molecule has 0 radical (unpaired) electrons. The van der Waals surface area contributed by atoms with Crippen molar-refractivity contribution in [2.45, 2.75) is 52.0 Å². The summed E-state index contributed by atoms with van der Waals surface area (Å²) >= 11 is 0. The van der Waals surface area contributed by atoms with Crippen LogP contribution in [0.25, 0.3) is 0 Å². The standard InChI is InChI=1S/C20H28N2O4/c1-3-4-14-26-20(25)22(12-8-9-13-22)19(24)18(21-16(2)23)15-17-10-6-5-7-11-17/h5-7,10-11,18H,3-4,8-9,12-15H2,1-2H3/p+1. The number of hydrogen-bond acceptors (Lipinski definition) is 4. The minimum absolute atomic E-state index is 0.275. The highest BCUT2D eigenvalue weighted by Gasteiger charge is 2.51. The molecule has 1 aromatic rings. The molecule has 1 N–H and O–H groups in total. The Hall–Kier alpha value is -2.21. The first kappa shape index (κ1) is 20.1. The second-order valence-electron chi connectivity index (χ2n) is 6.87. The van der Waals surface area contributed by atoms with E-state index in [2.05, 4.69) is 5.32 Å². The molecule has 0 aliphatic carbocycles. The highest BCUT2D eigenvalue weighted by atomic mass is 16.6. The van der Waals surface area contributed by atoms with Crippen molar-refractivity contribution < 1.29 is 23.6 Å². The summed E-state index contributed by atoms with van der Waals surface area (Å²) in [6.45, 7) is 4.61. The summed E-state index contributed by atoms with van der Waals surface area (Å²) in [5.74, 6) is -0.556. The molecule has 6 heteroatoms. The van der Waals surface area contributed by atoms with Crippen molar-refractivity contribution in [2.24, 2.45) is 0 Å². The van der Waals surface area contributed by atoms with E-state index in [1.807, 2.05) is 37.3 Å². The van der Waals surface area contributed by atoms with Crippen LogP contribution in [-0.2, 0) is 20.7 Å². The first-order valence-electron chi connectivity index (χ1n) is 9.39. The predicted molar refractivity (Wildman–Crippen MR) is 98.2 cm³/mol. The van der Waals surface area contributed by atoms with E-state index in [1.54, 1.807) is 0 Å². The number of likely N-dealkylation sites (tertiary alicyclic amines) is 1. The smallest absolute Gasteiger partial charge is 0.420 e. The molecule has 0 saturated carbocycles. The normalized spacial score (nSPS) is 16.7. The molecular formula is C20H29N2O4+. The number of nitrogens with one attached hydrogen (secondary N) is 1. The number of carbonyl (C=O) groups excluding carboxylic acids is 3. The lowest BCUT2D eigenvalue weighted by Gasteiger charge is -2.30. The Morgan fingerprint density at radius 3 is 2.38 bits per heavy atom. The Morgan fingerprint density at radius 1 is 1.15 bits per heavy atom. The lowest BCUT2D eigenvalue weighted by molar-refractivity contribution is -0.769. The van der Waals surface area contributed by atoms with Crippen LogP contribution < -0.4 is 5.32 Å². The maximum Gasteiger partial charge on any atom is 0.523 e. The number of unbranched alkanes of at least 4 members (excludes halogenated alkanes) is 1. The molecule has 142 valence electrons. The van der Waals surface area contributed by atoms with Gasteiger partial charge in [-0.15, -0.1) is 0 Å². The van der Waals surface area contributed by atoms with Crippen molar-refractivity contribution in [1.29, 1.82) is 0 Å². The van der Waals surface area contributed by atoms with Crippen LogP contribution in [0.2, 0.25) is 0 Å². The predicted octanol–water partition coefficient (Wildman–Crippen LogP) is 2.81. The number of nitrogens with zero attached hydrogens (tertiary/aromatic N) is 1. The maximum absolute atomic E-state index is 13.3. The van der Waals surface area contributed by atoms with E-state index < -0.39 is 12.1 Å². The van der Waals surface area contributed by atoms with Crippen LogP contribution in [0.1, 0.15) is 45.1 Å². The van der Waals surface area contributed by atoms with Crippen LogP contribution in [0.3, 0.4) is 0 Å². The monoisotopic (exact) mass is 361 g/mol. The molecule has 3 amide bonds. The number of imide groups is 1. The summed E-state index contributed by atoms with van der Waals surface area (Å²) in [5.41, 5.74) is 0.941. The van der Waals surface area contributed by atoms with E-state index in [0.29, 0.717) is 26.1 Å². The first-order chi connectivity index (χ1) is 12.5. The number of ether oxygens (including phenoxy) is 1. The molecule has 1 aliphatic rings. The van der Waals surface area contributed by atoms with Crippen LogP contribution >= 0.6 is 0 Å². The molecule has 26 heavy (non-hydrogen) atoms. The molecular weight excluding hydrogens is 332 g/mol. The number of hydrogen-bond donors (Lipinski definition) is 1. The zero-order chi connectivity index (χ0) is 19.0. The Balaban J connectivity index is 2.21. The van der Waals surface area contributed by atoms with Gasteiger partial charge in [0.05, 0.1) is 19.7 Å². The first-order valence-corrected chi connectivity index (χ1v) is 9.39. The van der Waals surface area contributed by atoms with Crippen molar-refractivity contribution in [1.82, 2.24) is 5.32 Å². The lowest BCUT2D eigenvalue weighted by atomic mass is 10.0. The molecule has 0 aromatic heterocycles.